The second kappa shape index (κ2) is 6.79. The summed E-state index contributed by atoms with van der Waals surface area (Å²) in [6, 6.07) is 2.10. The number of hydrogen-bond donors (Lipinski definition) is 0. The van der Waals surface area contributed by atoms with Crippen LogP contribution in [0.5, 0.6) is 0 Å². The van der Waals surface area contributed by atoms with E-state index in [1.165, 1.54) is 0 Å². The van der Waals surface area contributed by atoms with Crippen LogP contribution in [0.4, 0.5) is 10.3 Å². The van der Waals surface area contributed by atoms with Crippen molar-refractivity contribution in [3.05, 3.63) is 18.2 Å². The fourth-order valence-corrected chi connectivity index (χ4v) is 1.38. The molecule has 0 radical (unpaired) electrons. The maximum absolute atomic E-state index is 12.7. The molecule has 0 unspecified atom stereocenters. The topological polar surface area (TPSA) is 52.8 Å². The standard InChI is InChI=1S/C12H17FN4/c1-10(2)4-7-17(6-3-5-14)12-15-8-11(13)9-16-12/h8-10H,3-4,6-7H2,1-2H3. The van der Waals surface area contributed by atoms with E-state index >= 15 is 0 Å². The highest BCUT2D eigenvalue weighted by atomic mass is 19.1. The van der Waals surface area contributed by atoms with Crippen LogP contribution in [0.1, 0.15) is 26.7 Å². The van der Waals surface area contributed by atoms with Gasteiger partial charge in [0, 0.05) is 13.1 Å². The molecular formula is C12H17FN4. The molecule has 4 nitrogen and oxygen atoms in total. The lowest BCUT2D eigenvalue weighted by molar-refractivity contribution is 0.565. The first-order chi connectivity index (χ1) is 8.13. The van der Waals surface area contributed by atoms with Crippen molar-refractivity contribution in [1.29, 1.82) is 5.26 Å². The van der Waals surface area contributed by atoms with Gasteiger partial charge in [0.1, 0.15) is 0 Å². The molecule has 1 rings (SSSR count). The van der Waals surface area contributed by atoms with E-state index in [-0.39, 0.29) is 0 Å². The monoisotopic (exact) mass is 236 g/mol. The molecule has 0 saturated carbocycles. The van der Waals surface area contributed by atoms with Crippen LogP contribution < -0.4 is 4.90 Å². The Labute approximate surface area is 101 Å². The van der Waals surface area contributed by atoms with E-state index in [0.29, 0.717) is 24.8 Å². The maximum atomic E-state index is 12.7. The summed E-state index contributed by atoms with van der Waals surface area (Å²) in [5.74, 6) is 0.611. The number of aromatic nitrogens is 2. The molecule has 0 bridgehead atoms. The minimum atomic E-state index is -0.446. The number of hydrogen-bond acceptors (Lipinski definition) is 4. The van der Waals surface area contributed by atoms with Gasteiger partial charge >= 0.3 is 0 Å². The Kier molecular flexibility index (Phi) is 5.34. The summed E-state index contributed by atoms with van der Waals surface area (Å²) in [5, 5.41) is 8.61. The first-order valence-corrected chi connectivity index (χ1v) is 5.73. The van der Waals surface area contributed by atoms with Crippen LogP contribution in [0, 0.1) is 23.1 Å². The van der Waals surface area contributed by atoms with Crippen LogP contribution in [-0.2, 0) is 0 Å². The Balaban J connectivity index is 2.67. The average Bonchev–Trinajstić information content (AvgIpc) is 2.30. The van der Waals surface area contributed by atoms with Crippen LogP contribution in [-0.4, -0.2) is 23.1 Å². The Morgan fingerprint density at radius 3 is 2.53 bits per heavy atom. The van der Waals surface area contributed by atoms with Gasteiger partial charge in [0.05, 0.1) is 24.9 Å². The molecule has 0 atom stereocenters. The Morgan fingerprint density at radius 2 is 2.00 bits per heavy atom. The van der Waals surface area contributed by atoms with Gasteiger partial charge in [-0.1, -0.05) is 13.8 Å². The number of halogens is 1. The van der Waals surface area contributed by atoms with Gasteiger partial charge in [0.15, 0.2) is 5.82 Å². The summed E-state index contributed by atoms with van der Waals surface area (Å²) in [5.41, 5.74) is 0. The molecule has 1 aromatic heterocycles. The van der Waals surface area contributed by atoms with Crippen LogP contribution in [0.3, 0.4) is 0 Å². The third kappa shape index (κ3) is 4.77. The largest absolute Gasteiger partial charge is 0.340 e. The molecule has 0 spiro atoms. The number of anilines is 1. The fraction of sp³-hybridized carbons (Fsp3) is 0.583. The molecule has 0 aliphatic rings. The molecule has 0 aromatic carbocycles. The molecule has 5 heteroatoms. The van der Waals surface area contributed by atoms with Gasteiger partial charge in [0.25, 0.3) is 0 Å². The highest BCUT2D eigenvalue weighted by Gasteiger charge is 2.10. The zero-order valence-electron chi connectivity index (χ0n) is 10.2. The van der Waals surface area contributed by atoms with Crippen molar-refractivity contribution >= 4 is 5.95 Å². The third-order valence-electron chi connectivity index (χ3n) is 2.36. The highest BCUT2D eigenvalue weighted by Crippen LogP contribution is 2.10. The van der Waals surface area contributed by atoms with Crippen LogP contribution in [0.2, 0.25) is 0 Å². The number of rotatable bonds is 6. The van der Waals surface area contributed by atoms with Crippen LogP contribution in [0.25, 0.3) is 0 Å². The predicted molar refractivity (Wildman–Crippen MR) is 63.9 cm³/mol. The maximum Gasteiger partial charge on any atom is 0.225 e. The Bertz CT molecular complexity index is 369. The van der Waals surface area contributed by atoms with Gasteiger partial charge in [-0.15, -0.1) is 0 Å². The van der Waals surface area contributed by atoms with Gasteiger partial charge in [-0.3, -0.25) is 0 Å². The summed E-state index contributed by atoms with van der Waals surface area (Å²) >= 11 is 0. The molecule has 0 aliphatic heterocycles. The molecule has 17 heavy (non-hydrogen) atoms. The molecule has 0 amide bonds. The lowest BCUT2D eigenvalue weighted by Crippen LogP contribution is -2.28. The van der Waals surface area contributed by atoms with Gasteiger partial charge < -0.3 is 4.90 Å². The molecule has 1 heterocycles. The first kappa shape index (κ1) is 13.4. The molecule has 0 aliphatic carbocycles. The second-order valence-electron chi connectivity index (χ2n) is 4.28. The van der Waals surface area contributed by atoms with E-state index in [1.807, 2.05) is 4.90 Å². The highest BCUT2D eigenvalue weighted by molar-refractivity contribution is 5.28. The predicted octanol–water partition coefficient (Wildman–Crippen LogP) is 2.38. The van der Waals surface area contributed by atoms with Crippen molar-refractivity contribution in [1.82, 2.24) is 9.97 Å². The normalized spacial score (nSPS) is 10.3. The number of nitrogens with zero attached hydrogens (tertiary/aromatic N) is 4. The summed E-state index contributed by atoms with van der Waals surface area (Å²) in [7, 11) is 0. The summed E-state index contributed by atoms with van der Waals surface area (Å²) < 4.78 is 12.7. The summed E-state index contributed by atoms with van der Waals surface area (Å²) in [6.45, 7) is 5.63. The van der Waals surface area contributed by atoms with Crippen molar-refractivity contribution in [3.8, 4) is 6.07 Å². The SMILES string of the molecule is CC(C)CCN(CCC#N)c1ncc(F)cn1. The average molecular weight is 236 g/mol. The third-order valence-corrected chi connectivity index (χ3v) is 2.36. The smallest absolute Gasteiger partial charge is 0.225 e. The quantitative estimate of drug-likeness (QED) is 0.761. The van der Waals surface area contributed by atoms with Crippen molar-refractivity contribution in [2.75, 3.05) is 18.0 Å². The van der Waals surface area contributed by atoms with E-state index < -0.39 is 5.82 Å². The summed E-state index contributed by atoms with van der Waals surface area (Å²) in [6.07, 6.45) is 3.71. The first-order valence-electron chi connectivity index (χ1n) is 5.73. The van der Waals surface area contributed by atoms with E-state index in [4.69, 9.17) is 5.26 Å². The van der Waals surface area contributed by atoms with Crippen molar-refractivity contribution in [3.63, 3.8) is 0 Å². The van der Waals surface area contributed by atoms with Gasteiger partial charge in [0.2, 0.25) is 5.95 Å². The van der Waals surface area contributed by atoms with E-state index in [0.717, 1.165) is 25.4 Å². The van der Waals surface area contributed by atoms with E-state index in [9.17, 15) is 4.39 Å². The zero-order chi connectivity index (χ0) is 12.7. The minimum absolute atomic E-state index is 0.416. The molecule has 0 fully saturated rings. The van der Waals surface area contributed by atoms with Crippen molar-refractivity contribution in [2.24, 2.45) is 5.92 Å². The Morgan fingerprint density at radius 1 is 1.35 bits per heavy atom. The molecule has 1 aromatic rings. The van der Waals surface area contributed by atoms with E-state index in [1.54, 1.807) is 0 Å². The molecular weight excluding hydrogens is 219 g/mol. The summed E-state index contributed by atoms with van der Waals surface area (Å²) in [4.78, 5) is 9.80. The van der Waals surface area contributed by atoms with Gasteiger partial charge in [-0.25, -0.2) is 14.4 Å². The lowest BCUT2D eigenvalue weighted by atomic mass is 10.1. The van der Waals surface area contributed by atoms with Crippen molar-refractivity contribution < 1.29 is 4.39 Å². The van der Waals surface area contributed by atoms with Crippen LogP contribution >= 0.6 is 0 Å². The van der Waals surface area contributed by atoms with Crippen molar-refractivity contribution in [2.45, 2.75) is 26.7 Å². The van der Waals surface area contributed by atoms with Crippen LogP contribution in [0.15, 0.2) is 12.4 Å². The molecule has 0 N–H and O–H groups in total. The minimum Gasteiger partial charge on any atom is -0.340 e. The van der Waals surface area contributed by atoms with Gasteiger partial charge in [-0.2, -0.15) is 5.26 Å². The Hall–Kier alpha value is -1.70. The number of nitriles is 1. The van der Waals surface area contributed by atoms with Gasteiger partial charge in [-0.05, 0) is 12.3 Å². The molecule has 0 saturated heterocycles. The second-order valence-corrected chi connectivity index (χ2v) is 4.28. The zero-order valence-corrected chi connectivity index (χ0v) is 10.2. The fourth-order valence-electron chi connectivity index (χ4n) is 1.38. The lowest BCUT2D eigenvalue weighted by Gasteiger charge is -2.22. The van der Waals surface area contributed by atoms with E-state index in [2.05, 4.69) is 29.9 Å². The molecule has 92 valence electrons.